The summed E-state index contributed by atoms with van der Waals surface area (Å²) >= 11 is 11.8. The average Bonchev–Trinajstić information content (AvgIpc) is 2.51. The van der Waals surface area contributed by atoms with Gasteiger partial charge in [0.05, 0.1) is 11.1 Å². The zero-order valence-corrected chi connectivity index (χ0v) is 14.0. The Hall–Kier alpha value is -0.880. The molecule has 1 aliphatic heterocycles. The van der Waals surface area contributed by atoms with Gasteiger partial charge in [-0.05, 0) is 50.6 Å². The van der Waals surface area contributed by atoms with E-state index in [0.717, 1.165) is 0 Å². The zero-order valence-electron chi connectivity index (χ0n) is 12.5. The lowest BCUT2D eigenvalue weighted by molar-refractivity contribution is -0.147. The van der Waals surface area contributed by atoms with Crippen molar-refractivity contribution < 1.29 is 13.9 Å². The summed E-state index contributed by atoms with van der Waals surface area (Å²) in [7, 11) is 1.53. The van der Waals surface area contributed by atoms with Crippen molar-refractivity contribution in [2.75, 3.05) is 20.2 Å². The van der Waals surface area contributed by atoms with Gasteiger partial charge < -0.3 is 15.4 Å². The number of benzene rings is 1. The number of hydrogen-bond donors (Lipinski definition) is 2. The van der Waals surface area contributed by atoms with E-state index in [1.165, 1.54) is 19.2 Å². The maximum Gasteiger partial charge on any atom is 0.252 e. The Kier molecular flexibility index (Phi) is 5.66. The van der Waals surface area contributed by atoms with Gasteiger partial charge in [0.2, 0.25) is 0 Å². The average molecular weight is 349 g/mol. The minimum Gasteiger partial charge on any atom is -0.368 e. The van der Waals surface area contributed by atoms with Gasteiger partial charge in [0.25, 0.3) is 5.91 Å². The summed E-state index contributed by atoms with van der Waals surface area (Å²) < 4.78 is 19.1. The third-order valence-corrected chi connectivity index (χ3v) is 4.69. The zero-order chi connectivity index (χ0) is 16.3. The van der Waals surface area contributed by atoms with Crippen LogP contribution in [0.15, 0.2) is 12.1 Å². The summed E-state index contributed by atoms with van der Waals surface area (Å²) in [6, 6.07) is 2.14. The molecule has 1 atom stereocenters. The Balaban J connectivity index is 2.15. The molecule has 2 N–H and O–H groups in total. The Morgan fingerprint density at radius 3 is 2.59 bits per heavy atom. The monoisotopic (exact) mass is 348 g/mol. The van der Waals surface area contributed by atoms with Crippen LogP contribution in [0.3, 0.4) is 0 Å². The minimum atomic E-state index is -0.850. The first-order valence-corrected chi connectivity index (χ1v) is 7.86. The number of hydrogen-bond acceptors (Lipinski definition) is 3. The van der Waals surface area contributed by atoms with Crippen LogP contribution in [0.4, 0.5) is 4.39 Å². The summed E-state index contributed by atoms with van der Waals surface area (Å²) in [5.74, 6) is -0.777. The molecule has 0 radical (unpaired) electrons. The minimum absolute atomic E-state index is 0.0426. The van der Waals surface area contributed by atoms with E-state index < -0.39 is 17.5 Å². The third kappa shape index (κ3) is 3.54. The van der Waals surface area contributed by atoms with Crippen LogP contribution in [0, 0.1) is 5.82 Å². The molecule has 22 heavy (non-hydrogen) atoms. The highest BCUT2D eigenvalue weighted by Crippen LogP contribution is 2.30. The molecule has 1 aromatic carbocycles. The van der Waals surface area contributed by atoms with Crippen LogP contribution in [0.25, 0.3) is 0 Å². The summed E-state index contributed by atoms with van der Waals surface area (Å²) in [5, 5.41) is 6.32. The molecule has 1 heterocycles. The summed E-state index contributed by atoms with van der Waals surface area (Å²) in [4.78, 5) is 12.6. The van der Waals surface area contributed by atoms with E-state index in [0.29, 0.717) is 36.5 Å². The van der Waals surface area contributed by atoms with Crippen molar-refractivity contribution in [2.24, 2.45) is 0 Å². The highest BCUT2D eigenvalue weighted by Gasteiger charge is 2.40. The van der Waals surface area contributed by atoms with E-state index in [1.54, 1.807) is 6.92 Å². The van der Waals surface area contributed by atoms with Gasteiger partial charge in [-0.25, -0.2) is 4.39 Å². The van der Waals surface area contributed by atoms with Crippen molar-refractivity contribution in [3.05, 3.63) is 33.6 Å². The number of carbonyl (C=O) groups is 1. The molecule has 1 fully saturated rings. The maximum absolute atomic E-state index is 13.6. The Bertz CT molecular complexity index is 563. The first-order valence-electron chi connectivity index (χ1n) is 7.11. The molecule has 0 aromatic heterocycles. The SMILES string of the molecule is COC1(C(=O)NC(C)c2cc(F)c(Cl)cc2Cl)CCNCC1. The van der Waals surface area contributed by atoms with Gasteiger partial charge in [0.1, 0.15) is 11.4 Å². The Morgan fingerprint density at radius 1 is 1.36 bits per heavy atom. The van der Waals surface area contributed by atoms with Crippen LogP contribution >= 0.6 is 23.2 Å². The topological polar surface area (TPSA) is 50.4 Å². The number of ether oxygens (including phenoxy) is 1. The lowest BCUT2D eigenvalue weighted by atomic mass is 9.90. The highest BCUT2D eigenvalue weighted by molar-refractivity contribution is 6.35. The number of piperidine rings is 1. The van der Waals surface area contributed by atoms with Crippen LogP contribution in [0.1, 0.15) is 31.4 Å². The normalized spacial score (nSPS) is 18.8. The second-order valence-corrected chi connectivity index (χ2v) is 6.25. The van der Waals surface area contributed by atoms with Gasteiger partial charge in [0.15, 0.2) is 0 Å². The van der Waals surface area contributed by atoms with Crippen molar-refractivity contribution in [3.63, 3.8) is 0 Å². The van der Waals surface area contributed by atoms with Crippen molar-refractivity contribution in [3.8, 4) is 0 Å². The standard InChI is InChI=1S/C15H19Cl2FN2O2/c1-9(10-7-13(18)12(17)8-11(10)16)20-14(21)15(22-2)3-5-19-6-4-15/h7-9,19H,3-6H2,1-2H3,(H,20,21). The molecule has 0 spiro atoms. The fourth-order valence-corrected chi connectivity index (χ4v) is 3.18. The predicted molar refractivity (Wildman–Crippen MR) is 84.8 cm³/mol. The molecule has 0 aliphatic carbocycles. The third-order valence-electron chi connectivity index (χ3n) is 4.07. The van der Waals surface area contributed by atoms with Crippen molar-refractivity contribution in [1.29, 1.82) is 0 Å². The van der Waals surface area contributed by atoms with E-state index >= 15 is 0 Å². The Labute approximate surface area is 139 Å². The van der Waals surface area contributed by atoms with E-state index in [4.69, 9.17) is 27.9 Å². The van der Waals surface area contributed by atoms with Gasteiger partial charge in [-0.2, -0.15) is 0 Å². The molecule has 1 unspecified atom stereocenters. The summed E-state index contributed by atoms with van der Waals surface area (Å²) in [6.07, 6.45) is 1.18. The van der Waals surface area contributed by atoms with Gasteiger partial charge in [-0.15, -0.1) is 0 Å². The number of carbonyl (C=O) groups excluding carboxylic acids is 1. The molecular formula is C15H19Cl2FN2O2. The van der Waals surface area contributed by atoms with Crippen LogP contribution in [-0.2, 0) is 9.53 Å². The van der Waals surface area contributed by atoms with E-state index in [-0.39, 0.29) is 10.9 Å². The maximum atomic E-state index is 13.6. The van der Waals surface area contributed by atoms with Gasteiger partial charge in [0, 0.05) is 12.1 Å². The molecule has 7 heteroatoms. The number of nitrogens with one attached hydrogen (secondary N) is 2. The van der Waals surface area contributed by atoms with Crippen molar-refractivity contribution in [2.45, 2.75) is 31.4 Å². The molecule has 0 bridgehead atoms. The molecular weight excluding hydrogens is 330 g/mol. The summed E-state index contributed by atoms with van der Waals surface area (Å²) in [6.45, 7) is 3.18. The quantitative estimate of drug-likeness (QED) is 0.822. The lowest BCUT2D eigenvalue weighted by Gasteiger charge is -2.35. The largest absolute Gasteiger partial charge is 0.368 e. The van der Waals surface area contributed by atoms with Gasteiger partial charge >= 0.3 is 0 Å². The molecule has 122 valence electrons. The number of amides is 1. The second kappa shape index (κ2) is 7.13. The number of halogens is 3. The first kappa shape index (κ1) is 17.5. The Morgan fingerprint density at radius 2 is 2.00 bits per heavy atom. The van der Waals surface area contributed by atoms with E-state index in [1.807, 2.05) is 0 Å². The van der Waals surface area contributed by atoms with Gasteiger partial charge in [-0.3, -0.25) is 4.79 Å². The fraction of sp³-hybridized carbons (Fsp3) is 0.533. The number of rotatable bonds is 4. The molecule has 4 nitrogen and oxygen atoms in total. The fourth-order valence-electron chi connectivity index (χ4n) is 2.63. The molecule has 1 saturated heterocycles. The number of methoxy groups -OCH3 is 1. The first-order chi connectivity index (χ1) is 10.4. The molecule has 2 rings (SSSR count). The summed E-state index contributed by atoms with van der Waals surface area (Å²) in [5.41, 5.74) is -0.367. The van der Waals surface area contributed by atoms with Crippen molar-refractivity contribution in [1.82, 2.24) is 10.6 Å². The van der Waals surface area contributed by atoms with Crippen LogP contribution in [0.2, 0.25) is 10.0 Å². The molecule has 1 amide bonds. The smallest absolute Gasteiger partial charge is 0.252 e. The van der Waals surface area contributed by atoms with Crippen LogP contribution in [0.5, 0.6) is 0 Å². The lowest BCUT2D eigenvalue weighted by Crippen LogP contribution is -2.54. The highest BCUT2D eigenvalue weighted by atomic mass is 35.5. The predicted octanol–water partition coefficient (Wildman–Crippen LogP) is 3.08. The van der Waals surface area contributed by atoms with E-state index in [2.05, 4.69) is 10.6 Å². The molecule has 1 aromatic rings. The van der Waals surface area contributed by atoms with Crippen molar-refractivity contribution >= 4 is 29.1 Å². The molecule has 1 aliphatic rings. The van der Waals surface area contributed by atoms with Crippen LogP contribution in [-0.4, -0.2) is 31.7 Å². The second-order valence-electron chi connectivity index (χ2n) is 5.43. The van der Waals surface area contributed by atoms with Gasteiger partial charge in [-0.1, -0.05) is 23.2 Å². The molecule has 0 saturated carbocycles. The van der Waals surface area contributed by atoms with Crippen LogP contribution < -0.4 is 10.6 Å². The van der Waals surface area contributed by atoms with E-state index in [9.17, 15) is 9.18 Å².